The first-order chi connectivity index (χ1) is 9.60. The Balaban J connectivity index is 2.64. The normalized spacial score (nSPS) is 11.2. The summed E-state index contributed by atoms with van der Waals surface area (Å²) < 4.78 is 0. The minimum Gasteiger partial charge on any atom is -0.396 e. The Morgan fingerprint density at radius 3 is 2.40 bits per heavy atom. The van der Waals surface area contributed by atoms with Crippen molar-refractivity contribution >= 4 is 11.7 Å². The van der Waals surface area contributed by atoms with E-state index >= 15 is 0 Å². The van der Waals surface area contributed by atoms with Gasteiger partial charge in [0.2, 0.25) is 0 Å². The third-order valence-electron chi connectivity index (χ3n) is 3.71. The highest BCUT2D eigenvalue weighted by Gasteiger charge is 2.25. The van der Waals surface area contributed by atoms with Gasteiger partial charge in [0.15, 0.2) is 5.69 Å². The molecule has 0 saturated carbocycles. The monoisotopic (exact) mass is 280 g/mol. The summed E-state index contributed by atoms with van der Waals surface area (Å²) >= 11 is 0. The summed E-state index contributed by atoms with van der Waals surface area (Å²) in [4.78, 5) is 11.5. The molecular weight excluding hydrogens is 256 g/mol. The quantitative estimate of drug-likeness (QED) is 0.670. The third kappa shape index (κ3) is 4.16. The molecule has 0 spiro atoms. The average molecular weight is 280 g/mol. The lowest BCUT2D eigenvalue weighted by molar-refractivity contribution is 0.0950. The van der Waals surface area contributed by atoms with Gasteiger partial charge in [0.25, 0.3) is 5.91 Å². The van der Waals surface area contributed by atoms with Gasteiger partial charge in [-0.2, -0.15) is 0 Å². The molecular formula is C14H24N4O2. The molecule has 6 nitrogen and oxygen atoms in total. The zero-order chi connectivity index (χ0) is 15.0. The van der Waals surface area contributed by atoms with Crippen LogP contribution in [0, 0.1) is 5.41 Å². The van der Waals surface area contributed by atoms with Gasteiger partial charge in [-0.05, 0) is 31.9 Å². The fourth-order valence-corrected chi connectivity index (χ4v) is 1.86. The third-order valence-corrected chi connectivity index (χ3v) is 3.71. The lowest BCUT2D eigenvalue weighted by Gasteiger charge is -2.29. The summed E-state index contributed by atoms with van der Waals surface area (Å²) in [5, 5.41) is 23.2. The Kier molecular flexibility index (Phi) is 6.38. The van der Waals surface area contributed by atoms with Crippen molar-refractivity contribution in [2.45, 2.75) is 33.6 Å². The molecule has 1 rings (SSSR count). The number of carbonyl (C=O) groups excluding carboxylic acids is 1. The minimum atomic E-state index is -0.224. The van der Waals surface area contributed by atoms with Crippen LogP contribution >= 0.6 is 0 Å². The van der Waals surface area contributed by atoms with E-state index in [0.29, 0.717) is 24.6 Å². The maximum absolute atomic E-state index is 11.5. The van der Waals surface area contributed by atoms with Crippen molar-refractivity contribution in [3.63, 3.8) is 0 Å². The summed E-state index contributed by atoms with van der Waals surface area (Å²) in [6.45, 7) is 7.30. The maximum atomic E-state index is 11.5. The first kappa shape index (κ1) is 16.4. The van der Waals surface area contributed by atoms with Crippen LogP contribution in [0.2, 0.25) is 0 Å². The SMILES string of the molecule is CCNC(=O)c1ccc(NCC(CC)(CC)CO)nn1. The predicted molar refractivity (Wildman–Crippen MR) is 78.6 cm³/mol. The highest BCUT2D eigenvalue weighted by molar-refractivity contribution is 5.92. The molecule has 0 fully saturated rings. The molecule has 1 amide bonds. The highest BCUT2D eigenvalue weighted by atomic mass is 16.3. The molecule has 0 aliphatic carbocycles. The van der Waals surface area contributed by atoms with E-state index in [9.17, 15) is 9.90 Å². The number of nitrogens with zero attached hydrogens (tertiary/aromatic N) is 2. The number of aliphatic hydroxyl groups excluding tert-OH is 1. The largest absolute Gasteiger partial charge is 0.396 e. The van der Waals surface area contributed by atoms with E-state index in [1.807, 2.05) is 6.92 Å². The molecule has 1 heterocycles. The van der Waals surface area contributed by atoms with Crippen LogP contribution in [0.1, 0.15) is 44.1 Å². The molecule has 0 aromatic carbocycles. The molecule has 0 unspecified atom stereocenters. The average Bonchev–Trinajstić information content (AvgIpc) is 2.50. The Hall–Kier alpha value is -1.69. The number of hydrogen-bond donors (Lipinski definition) is 3. The van der Waals surface area contributed by atoms with E-state index < -0.39 is 0 Å². The number of aromatic nitrogens is 2. The van der Waals surface area contributed by atoms with Gasteiger partial charge < -0.3 is 15.7 Å². The second-order valence-corrected chi connectivity index (χ2v) is 4.88. The lowest BCUT2D eigenvalue weighted by Crippen LogP contribution is -2.32. The highest BCUT2D eigenvalue weighted by Crippen LogP contribution is 2.25. The molecule has 6 heteroatoms. The fourth-order valence-electron chi connectivity index (χ4n) is 1.86. The van der Waals surface area contributed by atoms with E-state index in [0.717, 1.165) is 12.8 Å². The Morgan fingerprint density at radius 2 is 1.95 bits per heavy atom. The van der Waals surface area contributed by atoms with Crippen LogP contribution in [0.4, 0.5) is 5.82 Å². The smallest absolute Gasteiger partial charge is 0.271 e. The second-order valence-electron chi connectivity index (χ2n) is 4.88. The van der Waals surface area contributed by atoms with Crippen molar-refractivity contribution in [1.82, 2.24) is 15.5 Å². The van der Waals surface area contributed by atoms with Gasteiger partial charge in [-0.1, -0.05) is 13.8 Å². The van der Waals surface area contributed by atoms with Crippen molar-refractivity contribution in [3.8, 4) is 0 Å². The van der Waals surface area contributed by atoms with E-state index in [4.69, 9.17) is 0 Å². The van der Waals surface area contributed by atoms with Crippen LogP contribution in [0.25, 0.3) is 0 Å². The van der Waals surface area contributed by atoms with Gasteiger partial charge in [-0.15, -0.1) is 10.2 Å². The molecule has 3 N–H and O–H groups in total. The van der Waals surface area contributed by atoms with Crippen molar-refractivity contribution in [2.75, 3.05) is 25.0 Å². The summed E-state index contributed by atoms with van der Waals surface area (Å²) in [7, 11) is 0. The van der Waals surface area contributed by atoms with Gasteiger partial charge >= 0.3 is 0 Å². The van der Waals surface area contributed by atoms with Crippen molar-refractivity contribution in [3.05, 3.63) is 17.8 Å². The van der Waals surface area contributed by atoms with Gasteiger partial charge in [0.05, 0.1) is 6.61 Å². The van der Waals surface area contributed by atoms with Crippen LogP contribution < -0.4 is 10.6 Å². The lowest BCUT2D eigenvalue weighted by atomic mass is 9.83. The van der Waals surface area contributed by atoms with Crippen molar-refractivity contribution in [2.24, 2.45) is 5.41 Å². The number of carbonyl (C=O) groups is 1. The van der Waals surface area contributed by atoms with Crippen molar-refractivity contribution < 1.29 is 9.90 Å². The molecule has 20 heavy (non-hydrogen) atoms. The molecule has 112 valence electrons. The zero-order valence-electron chi connectivity index (χ0n) is 12.4. The number of hydrogen-bond acceptors (Lipinski definition) is 5. The van der Waals surface area contributed by atoms with E-state index in [1.54, 1.807) is 12.1 Å². The number of aliphatic hydroxyl groups is 1. The van der Waals surface area contributed by atoms with Gasteiger partial charge in [-0.3, -0.25) is 4.79 Å². The van der Waals surface area contributed by atoms with Gasteiger partial charge in [0, 0.05) is 18.5 Å². The summed E-state index contributed by atoms with van der Waals surface area (Å²) in [6, 6.07) is 3.36. The fraction of sp³-hybridized carbons (Fsp3) is 0.643. The van der Waals surface area contributed by atoms with Crippen LogP contribution in [0.5, 0.6) is 0 Å². The second kappa shape index (κ2) is 7.79. The molecule has 0 radical (unpaired) electrons. The van der Waals surface area contributed by atoms with E-state index in [-0.39, 0.29) is 17.9 Å². The number of anilines is 1. The molecule has 1 aromatic rings. The van der Waals surface area contributed by atoms with Crippen LogP contribution in [0.3, 0.4) is 0 Å². The minimum absolute atomic E-state index is 0.136. The molecule has 1 aromatic heterocycles. The van der Waals surface area contributed by atoms with E-state index in [1.165, 1.54) is 0 Å². The molecule has 0 saturated heterocycles. The topological polar surface area (TPSA) is 87.1 Å². The van der Waals surface area contributed by atoms with Gasteiger partial charge in [0.1, 0.15) is 5.82 Å². The standard InChI is InChI=1S/C14H24N4O2/c1-4-14(5-2,10-19)9-16-12-8-7-11(17-18-12)13(20)15-6-3/h7-8,19H,4-6,9-10H2,1-3H3,(H,15,20)(H,16,18). The Labute approximate surface area is 120 Å². The van der Waals surface area contributed by atoms with Crippen LogP contribution in [-0.4, -0.2) is 40.9 Å². The Bertz CT molecular complexity index is 407. The molecule has 0 atom stereocenters. The zero-order valence-corrected chi connectivity index (χ0v) is 12.4. The number of nitrogens with one attached hydrogen (secondary N) is 2. The first-order valence-corrected chi connectivity index (χ1v) is 7.07. The molecule has 0 aliphatic heterocycles. The number of amides is 1. The van der Waals surface area contributed by atoms with Crippen LogP contribution in [-0.2, 0) is 0 Å². The first-order valence-electron chi connectivity index (χ1n) is 7.07. The van der Waals surface area contributed by atoms with Crippen molar-refractivity contribution in [1.29, 1.82) is 0 Å². The summed E-state index contributed by atoms with van der Waals surface area (Å²) in [6.07, 6.45) is 1.77. The maximum Gasteiger partial charge on any atom is 0.271 e. The summed E-state index contributed by atoms with van der Waals surface area (Å²) in [5.41, 5.74) is 0.164. The summed E-state index contributed by atoms with van der Waals surface area (Å²) in [5.74, 6) is 0.385. The number of rotatable bonds is 8. The van der Waals surface area contributed by atoms with E-state index in [2.05, 4.69) is 34.7 Å². The predicted octanol–water partition coefficient (Wildman–Crippen LogP) is 1.44. The van der Waals surface area contributed by atoms with Gasteiger partial charge in [-0.25, -0.2) is 0 Å². The van der Waals surface area contributed by atoms with Crippen LogP contribution in [0.15, 0.2) is 12.1 Å². The molecule has 0 bridgehead atoms. The molecule has 0 aliphatic rings. The Morgan fingerprint density at radius 1 is 1.25 bits per heavy atom.